The van der Waals surface area contributed by atoms with Gasteiger partial charge >= 0.3 is 5.97 Å². The predicted octanol–water partition coefficient (Wildman–Crippen LogP) is 2.55. The van der Waals surface area contributed by atoms with E-state index in [2.05, 4.69) is 10.1 Å². The van der Waals surface area contributed by atoms with Crippen LogP contribution in [0.3, 0.4) is 0 Å². The van der Waals surface area contributed by atoms with E-state index in [1.54, 1.807) is 33.0 Å². The molecule has 0 fully saturated rings. The quantitative estimate of drug-likeness (QED) is 0.585. The first-order valence-electron chi connectivity index (χ1n) is 8.78. The molecule has 1 atom stereocenters. The van der Waals surface area contributed by atoms with E-state index in [-0.39, 0.29) is 18.4 Å². The Morgan fingerprint density at radius 1 is 1.25 bits per heavy atom. The van der Waals surface area contributed by atoms with Crippen LogP contribution in [0.15, 0.2) is 46.9 Å². The normalized spacial score (nSPS) is 11.9. The van der Waals surface area contributed by atoms with Crippen LogP contribution in [0.5, 0.6) is 0 Å². The van der Waals surface area contributed by atoms with E-state index in [0.29, 0.717) is 17.1 Å². The second-order valence-electron chi connectivity index (χ2n) is 6.34. The molecule has 1 aromatic heterocycles. The highest BCUT2D eigenvalue weighted by Gasteiger charge is 2.21. The lowest BCUT2D eigenvalue weighted by atomic mass is 10.2. The average Bonchev–Trinajstić information content (AvgIpc) is 3.05. The smallest absolute Gasteiger partial charge is 0.341 e. The molecule has 2 amide bonds. The highest BCUT2D eigenvalue weighted by atomic mass is 16.5. The maximum absolute atomic E-state index is 12.5. The number of esters is 1. The molecule has 0 aliphatic rings. The van der Waals surface area contributed by atoms with Gasteiger partial charge in [-0.2, -0.15) is 0 Å². The topological polar surface area (TPSA) is 88.9 Å². The number of methoxy groups -OCH3 is 1. The second kappa shape index (κ2) is 9.55. The number of hydrogen-bond donors (Lipinski definition) is 1. The van der Waals surface area contributed by atoms with Gasteiger partial charge in [0.2, 0.25) is 11.8 Å². The lowest BCUT2D eigenvalue weighted by molar-refractivity contribution is -0.134. The fraction of sp³-hybridized carbons (Fsp3) is 0.286. The van der Waals surface area contributed by atoms with Gasteiger partial charge in [0.05, 0.1) is 13.7 Å². The van der Waals surface area contributed by atoms with Crippen LogP contribution in [0, 0.1) is 6.92 Å². The summed E-state index contributed by atoms with van der Waals surface area (Å²) in [7, 11) is 2.89. The van der Waals surface area contributed by atoms with Gasteiger partial charge in [-0.25, -0.2) is 4.79 Å². The van der Waals surface area contributed by atoms with Gasteiger partial charge in [-0.3, -0.25) is 9.59 Å². The van der Waals surface area contributed by atoms with Crippen molar-refractivity contribution in [2.75, 3.05) is 14.2 Å². The zero-order valence-corrected chi connectivity index (χ0v) is 16.4. The number of nitrogens with zero attached hydrogens (tertiary/aromatic N) is 1. The number of rotatable bonds is 7. The van der Waals surface area contributed by atoms with Crippen molar-refractivity contribution < 1.29 is 23.5 Å². The van der Waals surface area contributed by atoms with Crippen LogP contribution in [-0.2, 0) is 20.9 Å². The predicted molar refractivity (Wildman–Crippen MR) is 104 cm³/mol. The summed E-state index contributed by atoms with van der Waals surface area (Å²) in [6.07, 6.45) is 3.06. The standard InChI is InChI=1S/C21H24N2O5/c1-14(22-19(24)11-10-16-8-6-5-7-9-16)20(25)23(3)13-17-12-18(15(2)28-17)21(26)27-4/h5-12,14H,13H2,1-4H3,(H,22,24)/b11-10+. The number of amides is 2. The minimum Gasteiger partial charge on any atom is -0.465 e. The third-order valence-electron chi connectivity index (χ3n) is 4.10. The van der Waals surface area contributed by atoms with Crippen molar-refractivity contribution >= 4 is 23.9 Å². The SMILES string of the molecule is COC(=O)c1cc(CN(C)C(=O)C(C)NC(=O)/C=C/c2ccccc2)oc1C. The summed E-state index contributed by atoms with van der Waals surface area (Å²) in [4.78, 5) is 37.6. The molecule has 0 bridgehead atoms. The van der Waals surface area contributed by atoms with E-state index in [1.165, 1.54) is 18.1 Å². The third kappa shape index (κ3) is 5.57. The van der Waals surface area contributed by atoms with Gasteiger partial charge in [-0.1, -0.05) is 30.3 Å². The van der Waals surface area contributed by atoms with E-state index in [0.717, 1.165) is 5.56 Å². The molecule has 1 heterocycles. The molecule has 1 aromatic carbocycles. The highest BCUT2D eigenvalue weighted by Crippen LogP contribution is 2.17. The van der Waals surface area contributed by atoms with Gasteiger partial charge in [-0.05, 0) is 31.6 Å². The van der Waals surface area contributed by atoms with Crippen molar-refractivity contribution in [3.63, 3.8) is 0 Å². The summed E-state index contributed by atoms with van der Waals surface area (Å²) < 4.78 is 10.2. The zero-order valence-electron chi connectivity index (χ0n) is 16.4. The third-order valence-corrected chi connectivity index (χ3v) is 4.10. The van der Waals surface area contributed by atoms with Gasteiger partial charge in [-0.15, -0.1) is 0 Å². The molecule has 1 N–H and O–H groups in total. The number of ether oxygens (including phenoxy) is 1. The van der Waals surface area contributed by atoms with E-state index in [4.69, 9.17) is 4.42 Å². The molecular weight excluding hydrogens is 360 g/mol. The van der Waals surface area contributed by atoms with Gasteiger partial charge in [0.1, 0.15) is 23.1 Å². The molecule has 1 unspecified atom stereocenters. The lowest BCUT2D eigenvalue weighted by Gasteiger charge is -2.20. The molecule has 0 radical (unpaired) electrons. The summed E-state index contributed by atoms with van der Waals surface area (Å²) in [5.74, 6) is -0.256. The number of carbonyl (C=O) groups excluding carboxylic acids is 3. The Bertz CT molecular complexity index is 870. The minimum atomic E-state index is -0.714. The first kappa shape index (κ1) is 21.0. The fourth-order valence-corrected chi connectivity index (χ4v) is 2.64. The monoisotopic (exact) mass is 384 g/mol. The second-order valence-corrected chi connectivity index (χ2v) is 6.34. The Hall–Kier alpha value is -3.35. The molecule has 0 spiro atoms. The van der Waals surface area contributed by atoms with Crippen molar-refractivity contribution in [3.05, 3.63) is 65.1 Å². The molecule has 0 saturated heterocycles. The van der Waals surface area contributed by atoms with Gasteiger partial charge in [0.15, 0.2) is 0 Å². The number of aryl methyl sites for hydroxylation is 1. The van der Waals surface area contributed by atoms with Gasteiger partial charge in [0, 0.05) is 13.1 Å². The summed E-state index contributed by atoms with van der Waals surface area (Å²) in [6, 6.07) is 10.2. The molecule has 148 valence electrons. The van der Waals surface area contributed by atoms with Crippen LogP contribution < -0.4 is 5.32 Å². The van der Waals surface area contributed by atoms with Gasteiger partial charge in [0.25, 0.3) is 0 Å². The molecule has 0 aliphatic carbocycles. The van der Waals surface area contributed by atoms with Crippen molar-refractivity contribution in [2.45, 2.75) is 26.4 Å². The van der Waals surface area contributed by atoms with E-state index < -0.39 is 12.0 Å². The number of nitrogens with one attached hydrogen (secondary N) is 1. The van der Waals surface area contributed by atoms with Crippen LogP contribution in [0.1, 0.15) is 34.4 Å². The highest BCUT2D eigenvalue weighted by molar-refractivity contribution is 5.95. The first-order valence-corrected chi connectivity index (χ1v) is 8.78. The molecule has 0 saturated carbocycles. The summed E-state index contributed by atoms with van der Waals surface area (Å²) in [5.41, 5.74) is 1.22. The van der Waals surface area contributed by atoms with Crippen LogP contribution >= 0.6 is 0 Å². The Balaban J connectivity index is 1.92. The molecule has 7 nitrogen and oxygen atoms in total. The molecule has 2 rings (SSSR count). The maximum atomic E-state index is 12.5. The molecular formula is C21H24N2O5. The Morgan fingerprint density at radius 3 is 2.57 bits per heavy atom. The molecule has 2 aromatic rings. The summed E-state index contributed by atoms with van der Waals surface area (Å²) >= 11 is 0. The number of carbonyl (C=O) groups is 3. The lowest BCUT2D eigenvalue weighted by Crippen LogP contribution is -2.44. The Morgan fingerprint density at radius 2 is 1.93 bits per heavy atom. The Kier molecular flexibility index (Phi) is 7.14. The molecule has 7 heteroatoms. The number of likely N-dealkylation sites (N-methyl/N-ethyl adjacent to an activating group) is 1. The van der Waals surface area contributed by atoms with Crippen molar-refractivity contribution in [1.82, 2.24) is 10.2 Å². The largest absolute Gasteiger partial charge is 0.465 e. The van der Waals surface area contributed by atoms with Crippen LogP contribution in [-0.4, -0.2) is 42.9 Å². The first-order chi connectivity index (χ1) is 13.3. The Labute approximate surface area is 164 Å². The number of furan rings is 1. The summed E-state index contributed by atoms with van der Waals surface area (Å²) in [5, 5.41) is 2.64. The zero-order chi connectivity index (χ0) is 20.7. The van der Waals surface area contributed by atoms with Crippen LogP contribution in [0.4, 0.5) is 0 Å². The summed E-state index contributed by atoms with van der Waals surface area (Å²) in [6.45, 7) is 3.43. The van der Waals surface area contributed by atoms with Gasteiger partial charge < -0.3 is 19.4 Å². The van der Waals surface area contributed by atoms with Crippen molar-refractivity contribution in [2.24, 2.45) is 0 Å². The average molecular weight is 384 g/mol. The number of benzene rings is 1. The van der Waals surface area contributed by atoms with Crippen LogP contribution in [0.25, 0.3) is 6.08 Å². The van der Waals surface area contributed by atoms with E-state index >= 15 is 0 Å². The van der Waals surface area contributed by atoms with Crippen LogP contribution in [0.2, 0.25) is 0 Å². The minimum absolute atomic E-state index is 0.163. The van der Waals surface area contributed by atoms with Crippen molar-refractivity contribution in [1.29, 1.82) is 0 Å². The number of hydrogen-bond acceptors (Lipinski definition) is 5. The molecule has 28 heavy (non-hydrogen) atoms. The van der Waals surface area contributed by atoms with Crippen molar-refractivity contribution in [3.8, 4) is 0 Å². The molecule has 0 aliphatic heterocycles. The maximum Gasteiger partial charge on any atom is 0.341 e. The van der Waals surface area contributed by atoms with E-state index in [1.807, 2.05) is 30.3 Å². The van der Waals surface area contributed by atoms with E-state index in [9.17, 15) is 14.4 Å². The fourth-order valence-electron chi connectivity index (χ4n) is 2.64.